The number of hydrogen-bond acceptors (Lipinski definition) is 3. The summed E-state index contributed by atoms with van der Waals surface area (Å²) >= 11 is 0. The van der Waals surface area contributed by atoms with Gasteiger partial charge in [0.25, 0.3) is 0 Å². The predicted octanol–water partition coefficient (Wildman–Crippen LogP) is 0.859. The molecule has 0 saturated carbocycles. The van der Waals surface area contributed by atoms with Crippen LogP contribution in [0.3, 0.4) is 0 Å². The van der Waals surface area contributed by atoms with Crippen molar-refractivity contribution in [2.75, 3.05) is 46.5 Å². The molecule has 0 spiro atoms. The summed E-state index contributed by atoms with van der Waals surface area (Å²) in [6.45, 7) is 9.52. The lowest BCUT2D eigenvalue weighted by atomic mass is 9.87. The van der Waals surface area contributed by atoms with E-state index in [1.807, 2.05) is 13.1 Å². The number of aliphatic imine (C=N–C) groups is 1. The molecule has 1 saturated heterocycles. The molecule has 0 aliphatic carbocycles. The van der Waals surface area contributed by atoms with Gasteiger partial charge in [0, 0.05) is 20.1 Å². The quantitative estimate of drug-likeness (QED) is 0.297. The van der Waals surface area contributed by atoms with Crippen LogP contribution in [0.5, 0.6) is 0 Å². The first-order valence-electron chi connectivity index (χ1n) is 6.96. The fourth-order valence-corrected chi connectivity index (χ4v) is 1.91. The molecule has 0 unspecified atom stereocenters. The monoisotopic (exact) mass is 269 g/mol. The summed E-state index contributed by atoms with van der Waals surface area (Å²) in [5, 5.41) is 12.7. The van der Waals surface area contributed by atoms with Crippen LogP contribution in [0.2, 0.25) is 0 Å². The van der Waals surface area contributed by atoms with Gasteiger partial charge in [0.05, 0.1) is 31.8 Å². The fraction of sp³-hybridized carbons (Fsp3) is 0.786. The molecule has 5 nitrogen and oxygen atoms in total. The van der Waals surface area contributed by atoms with E-state index in [1.54, 1.807) is 0 Å². The van der Waals surface area contributed by atoms with E-state index in [9.17, 15) is 5.11 Å². The molecule has 0 aromatic rings. The Labute approximate surface area is 116 Å². The molecule has 0 atom stereocenters. The van der Waals surface area contributed by atoms with Crippen molar-refractivity contribution in [2.24, 2.45) is 10.4 Å². The van der Waals surface area contributed by atoms with Crippen LogP contribution in [0, 0.1) is 5.41 Å². The van der Waals surface area contributed by atoms with E-state index in [1.165, 1.54) is 0 Å². The third-order valence-electron chi connectivity index (χ3n) is 3.31. The van der Waals surface area contributed by atoms with E-state index in [-0.39, 0.29) is 12.0 Å². The average Bonchev–Trinajstić information content (AvgIpc) is 2.36. The van der Waals surface area contributed by atoms with Crippen LogP contribution in [-0.4, -0.2) is 62.5 Å². The van der Waals surface area contributed by atoms with Crippen LogP contribution in [-0.2, 0) is 4.74 Å². The molecule has 5 heteroatoms. The summed E-state index contributed by atoms with van der Waals surface area (Å²) < 4.78 is 5.19. The Balaban J connectivity index is 2.51. The number of allylic oxidation sites excluding steroid dienone is 1. The van der Waals surface area contributed by atoms with E-state index in [2.05, 4.69) is 28.7 Å². The summed E-state index contributed by atoms with van der Waals surface area (Å²) in [4.78, 5) is 6.75. The summed E-state index contributed by atoms with van der Waals surface area (Å²) in [7, 11) is 2.04. The zero-order valence-electron chi connectivity index (χ0n) is 12.2. The molecule has 0 bridgehead atoms. The smallest absolute Gasteiger partial charge is 0.193 e. The number of hydrogen-bond donors (Lipinski definition) is 2. The van der Waals surface area contributed by atoms with Gasteiger partial charge >= 0.3 is 0 Å². The Morgan fingerprint density at radius 1 is 1.58 bits per heavy atom. The standard InChI is InChI=1S/C14H27N3O2/c1-4-6-7-8-17(3)13(15-5-2)16-9-14(10-18)11-19-12-14/h4,18H,1,5-12H2,2-3H3,(H,15,16). The summed E-state index contributed by atoms with van der Waals surface area (Å²) in [5.41, 5.74) is -0.164. The SMILES string of the molecule is C=CCCCN(C)C(=NCC1(CO)COC1)NCC. The molecular weight excluding hydrogens is 242 g/mol. The molecule has 1 fully saturated rings. The number of ether oxygens (including phenoxy) is 1. The third-order valence-corrected chi connectivity index (χ3v) is 3.31. The van der Waals surface area contributed by atoms with Gasteiger partial charge in [-0.25, -0.2) is 0 Å². The van der Waals surface area contributed by atoms with Crippen molar-refractivity contribution in [1.82, 2.24) is 10.2 Å². The van der Waals surface area contributed by atoms with Crippen LogP contribution in [0.25, 0.3) is 0 Å². The second-order valence-corrected chi connectivity index (χ2v) is 5.17. The molecule has 1 rings (SSSR count). The minimum absolute atomic E-state index is 0.135. The molecule has 2 N–H and O–H groups in total. The van der Waals surface area contributed by atoms with Crippen molar-refractivity contribution >= 4 is 5.96 Å². The van der Waals surface area contributed by atoms with E-state index in [4.69, 9.17) is 4.74 Å². The molecule has 110 valence electrons. The highest BCUT2D eigenvalue weighted by Gasteiger charge is 2.38. The summed E-state index contributed by atoms with van der Waals surface area (Å²) in [5.74, 6) is 0.895. The van der Waals surface area contributed by atoms with Crippen LogP contribution in [0.1, 0.15) is 19.8 Å². The van der Waals surface area contributed by atoms with Gasteiger partial charge in [-0.1, -0.05) is 6.08 Å². The van der Waals surface area contributed by atoms with E-state index < -0.39 is 0 Å². The molecule has 0 amide bonds. The van der Waals surface area contributed by atoms with Crippen molar-refractivity contribution in [3.05, 3.63) is 12.7 Å². The first kappa shape index (κ1) is 16.0. The number of unbranched alkanes of at least 4 members (excludes halogenated alkanes) is 1. The number of guanidine groups is 1. The summed E-state index contributed by atoms with van der Waals surface area (Å²) in [6, 6.07) is 0. The number of aliphatic hydroxyl groups excluding tert-OH is 1. The zero-order valence-corrected chi connectivity index (χ0v) is 12.2. The molecule has 0 aromatic heterocycles. The van der Waals surface area contributed by atoms with Crippen molar-refractivity contribution in [1.29, 1.82) is 0 Å². The van der Waals surface area contributed by atoms with Crippen molar-refractivity contribution in [3.63, 3.8) is 0 Å². The van der Waals surface area contributed by atoms with Crippen LogP contribution >= 0.6 is 0 Å². The molecule has 0 aromatic carbocycles. The fourth-order valence-electron chi connectivity index (χ4n) is 1.91. The lowest BCUT2D eigenvalue weighted by Gasteiger charge is -2.38. The van der Waals surface area contributed by atoms with Gasteiger partial charge in [-0.2, -0.15) is 0 Å². The third kappa shape index (κ3) is 4.84. The second kappa shape index (κ2) is 8.17. The number of rotatable bonds is 8. The van der Waals surface area contributed by atoms with Crippen molar-refractivity contribution in [3.8, 4) is 0 Å². The normalized spacial score (nSPS) is 17.7. The molecule has 1 aliphatic rings. The second-order valence-electron chi connectivity index (χ2n) is 5.17. The molecule has 0 radical (unpaired) electrons. The largest absolute Gasteiger partial charge is 0.396 e. The van der Waals surface area contributed by atoms with E-state index >= 15 is 0 Å². The zero-order chi connectivity index (χ0) is 14.1. The summed E-state index contributed by atoms with van der Waals surface area (Å²) in [6.07, 6.45) is 4.02. The Kier molecular flexibility index (Phi) is 6.87. The van der Waals surface area contributed by atoms with Crippen LogP contribution < -0.4 is 5.32 Å². The van der Waals surface area contributed by atoms with Crippen molar-refractivity contribution < 1.29 is 9.84 Å². The molecular formula is C14H27N3O2. The lowest BCUT2D eigenvalue weighted by molar-refractivity contribution is -0.130. The minimum Gasteiger partial charge on any atom is -0.396 e. The average molecular weight is 269 g/mol. The first-order chi connectivity index (χ1) is 9.17. The highest BCUT2D eigenvalue weighted by atomic mass is 16.5. The Hall–Kier alpha value is -1.07. The highest BCUT2D eigenvalue weighted by molar-refractivity contribution is 5.79. The van der Waals surface area contributed by atoms with E-state index in [0.717, 1.165) is 31.9 Å². The lowest BCUT2D eigenvalue weighted by Crippen LogP contribution is -2.49. The molecule has 1 heterocycles. The Morgan fingerprint density at radius 2 is 2.32 bits per heavy atom. The maximum Gasteiger partial charge on any atom is 0.193 e. The minimum atomic E-state index is -0.164. The van der Waals surface area contributed by atoms with Gasteiger partial charge < -0.3 is 20.1 Å². The predicted molar refractivity (Wildman–Crippen MR) is 78.4 cm³/mol. The maximum absolute atomic E-state index is 9.40. The van der Waals surface area contributed by atoms with E-state index in [0.29, 0.717) is 19.8 Å². The Morgan fingerprint density at radius 3 is 2.79 bits per heavy atom. The topological polar surface area (TPSA) is 57.1 Å². The highest BCUT2D eigenvalue weighted by Crippen LogP contribution is 2.26. The van der Waals surface area contributed by atoms with Gasteiger partial charge in [0.15, 0.2) is 5.96 Å². The maximum atomic E-state index is 9.40. The molecule has 1 aliphatic heterocycles. The van der Waals surface area contributed by atoms with Gasteiger partial charge in [-0.3, -0.25) is 4.99 Å². The first-order valence-corrected chi connectivity index (χ1v) is 6.96. The number of nitrogens with zero attached hydrogens (tertiary/aromatic N) is 2. The van der Waals surface area contributed by atoms with Crippen LogP contribution in [0.15, 0.2) is 17.6 Å². The number of aliphatic hydroxyl groups is 1. The van der Waals surface area contributed by atoms with Gasteiger partial charge in [0.2, 0.25) is 0 Å². The Bertz CT molecular complexity index is 296. The van der Waals surface area contributed by atoms with Gasteiger partial charge in [-0.15, -0.1) is 6.58 Å². The molecule has 19 heavy (non-hydrogen) atoms. The van der Waals surface area contributed by atoms with Gasteiger partial charge in [0.1, 0.15) is 0 Å². The van der Waals surface area contributed by atoms with Gasteiger partial charge in [-0.05, 0) is 19.8 Å². The number of nitrogens with one attached hydrogen (secondary N) is 1. The van der Waals surface area contributed by atoms with Crippen molar-refractivity contribution in [2.45, 2.75) is 19.8 Å². The van der Waals surface area contributed by atoms with Crippen LogP contribution in [0.4, 0.5) is 0 Å².